The Kier molecular flexibility index (Phi) is 15.0. The Hall–Kier alpha value is 0. The average molecular weight is 224 g/mol. The minimum Gasteiger partial charge on any atom is -0.0654 e. The second kappa shape index (κ2) is 15.0. The van der Waals surface area contributed by atoms with E-state index in [1.165, 1.54) is 77.0 Å². The van der Waals surface area contributed by atoms with Gasteiger partial charge in [0.2, 0.25) is 0 Å². The van der Waals surface area contributed by atoms with Crippen molar-refractivity contribution in [3.63, 3.8) is 0 Å². The molecule has 0 bridgehead atoms. The Morgan fingerprint density at radius 2 is 1.38 bits per heavy atom. The van der Waals surface area contributed by atoms with E-state index in [-0.39, 0.29) is 0 Å². The number of hydrogen-bond donors (Lipinski definition) is 0. The lowest BCUT2D eigenvalue weighted by atomic mass is 10.0. The lowest BCUT2D eigenvalue weighted by Gasteiger charge is -2.05. The van der Waals surface area contributed by atoms with Gasteiger partial charge in [-0.15, -0.1) is 0 Å². The van der Waals surface area contributed by atoms with Crippen molar-refractivity contribution in [2.45, 2.75) is 90.4 Å². The van der Waals surface area contributed by atoms with Crippen LogP contribution in [0, 0.1) is 13.3 Å². The fraction of sp³-hybridized carbons (Fsp3) is 0.875. The van der Waals surface area contributed by atoms with Gasteiger partial charge in [0.25, 0.3) is 0 Å². The van der Waals surface area contributed by atoms with Gasteiger partial charge in [-0.05, 0) is 6.42 Å². The summed E-state index contributed by atoms with van der Waals surface area (Å²) in [5.41, 5.74) is 0. The summed E-state index contributed by atoms with van der Waals surface area (Å²) in [6.45, 7) is 6.02. The van der Waals surface area contributed by atoms with Crippen LogP contribution < -0.4 is 0 Å². The van der Waals surface area contributed by atoms with Crippen molar-refractivity contribution >= 4 is 0 Å². The summed E-state index contributed by atoms with van der Waals surface area (Å²) >= 11 is 0. The molecular formula is C16H32. The van der Waals surface area contributed by atoms with Crippen molar-refractivity contribution < 1.29 is 0 Å². The first-order valence-electron chi connectivity index (χ1n) is 7.52. The van der Waals surface area contributed by atoms with Gasteiger partial charge in [-0.1, -0.05) is 97.3 Å². The van der Waals surface area contributed by atoms with Gasteiger partial charge < -0.3 is 0 Å². The molecule has 0 N–H and O–H groups in total. The Morgan fingerprint density at radius 3 is 1.94 bits per heavy atom. The van der Waals surface area contributed by atoms with Crippen molar-refractivity contribution in [3.8, 4) is 0 Å². The summed E-state index contributed by atoms with van der Waals surface area (Å²) in [5.74, 6) is 0. The molecule has 0 aromatic rings. The SMILES string of the molecule is [CH2]CCCCCCC.[CH]1CCCCCCC1. The molecule has 0 heterocycles. The van der Waals surface area contributed by atoms with Gasteiger partial charge in [0.1, 0.15) is 0 Å². The topological polar surface area (TPSA) is 0 Å². The third-order valence-corrected chi connectivity index (χ3v) is 3.17. The van der Waals surface area contributed by atoms with Crippen LogP contribution in [-0.4, -0.2) is 0 Å². The van der Waals surface area contributed by atoms with Gasteiger partial charge in [-0.2, -0.15) is 0 Å². The van der Waals surface area contributed by atoms with E-state index in [4.69, 9.17) is 0 Å². The first kappa shape index (κ1) is 16.0. The van der Waals surface area contributed by atoms with Crippen LogP contribution in [0.2, 0.25) is 0 Å². The van der Waals surface area contributed by atoms with E-state index in [1.54, 1.807) is 0 Å². The molecule has 16 heavy (non-hydrogen) atoms. The first-order valence-corrected chi connectivity index (χ1v) is 7.52. The van der Waals surface area contributed by atoms with Crippen LogP contribution in [0.4, 0.5) is 0 Å². The molecule has 0 atom stereocenters. The van der Waals surface area contributed by atoms with Crippen LogP contribution in [0.1, 0.15) is 90.4 Å². The highest BCUT2D eigenvalue weighted by Gasteiger charge is 1.95. The van der Waals surface area contributed by atoms with Gasteiger partial charge >= 0.3 is 0 Å². The predicted octanol–water partition coefficient (Wildman–Crippen LogP) is 6.12. The molecule has 0 aromatic heterocycles. The average Bonchev–Trinajstić information content (AvgIpc) is 2.24. The van der Waals surface area contributed by atoms with E-state index in [0.717, 1.165) is 6.42 Å². The summed E-state index contributed by atoms with van der Waals surface area (Å²) in [5, 5.41) is 0. The molecule has 96 valence electrons. The zero-order chi connectivity index (χ0) is 11.9. The highest BCUT2D eigenvalue weighted by Crippen LogP contribution is 2.14. The lowest BCUT2D eigenvalue weighted by Crippen LogP contribution is -1.86. The van der Waals surface area contributed by atoms with E-state index in [9.17, 15) is 0 Å². The van der Waals surface area contributed by atoms with Crippen molar-refractivity contribution in [2.75, 3.05) is 0 Å². The molecule has 1 rings (SSSR count). The van der Waals surface area contributed by atoms with E-state index >= 15 is 0 Å². The highest BCUT2D eigenvalue weighted by atomic mass is 14.0. The Morgan fingerprint density at radius 1 is 0.812 bits per heavy atom. The second-order valence-corrected chi connectivity index (χ2v) is 4.90. The van der Waals surface area contributed by atoms with Gasteiger partial charge in [0.05, 0.1) is 0 Å². The molecule has 0 unspecified atom stereocenters. The Bertz CT molecular complexity index is 76.6. The minimum absolute atomic E-state index is 1.11. The fourth-order valence-electron chi connectivity index (χ4n) is 2.03. The maximum atomic E-state index is 3.78. The fourth-order valence-corrected chi connectivity index (χ4v) is 2.03. The number of rotatable bonds is 5. The number of unbranched alkanes of at least 4 members (excludes halogenated alkanes) is 5. The molecular weight excluding hydrogens is 192 g/mol. The molecule has 0 saturated heterocycles. The van der Waals surface area contributed by atoms with Crippen LogP contribution in [0.3, 0.4) is 0 Å². The molecule has 0 aromatic carbocycles. The quantitative estimate of drug-likeness (QED) is 0.494. The van der Waals surface area contributed by atoms with Crippen LogP contribution in [-0.2, 0) is 0 Å². The standard InChI is InChI=1S/C8H15.C8H17/c1-2-4-6-8-7-5-3-1;1-3-5-7-8-6-4-2/h1H,2-8H2;1,3-8H2,2H3. The third kappa shape index (κ3) is 14.0. The van der Waals surface area contributed by atoms with Gasteiger partial charge in [0, 0.05) is 0 Å². The molecule has 1 aliphatic carbocycles. The molecule has 0 spiro atoms. The summed E-state index contributed by atoms with van der Waals surface area (Å²) in [6.07, 6.45) is 20.5. The summed E-state index contributed by atoms with van der Waals surface area (Å²) in [6, 6.07) is 0. The zero-order valence-electron chi connectivity index (χ0n) is 11.5. The zero-order valence-corrected chi connectivity index (χ0v) is 11.5. The molecule has 1 aliphatic rings. The highest BCUT2D eigenvalue weighted by molar-refractivity contribution is 4.66. The summed E-state index contributed by atoms with van der Waals surface area (Å²) in [4.78, 5) is 0. The molecule has 2 radical (unpaired) electrons. The normalized spacial score (nSPS) is 16.9. The smallest absolute Gasteiger partial charge is 0.0386 e. The molecule has 0 amide bonds. The molecule has 0 nitrogen and oxygen atoms in total. The Balaban J connectivity index is 0.000000281. The molecule has 1 saturated carbocycles. The monoisotopic (exact) mass is 224 g/mol. The van der Waals surface area contributed by atoms with Gasteiger partial charge in [-0.3, -0.25) is 0 Å². The maximum absolute atomic E-state index is 3.78. The molecule has 0 heteroatoms. The van der Waals surface area contributed by atoms with Gasteiger partial charge in [-0.25, -0.2) is 0 Å². The Labute approximate surface area is 104 Å². The van der Waals surface area contributed by atoms with Crippen molar-refractivity contribution in [3.05, 3.63) is 13.3 Å². The van der Waals surface area contributed by atoms with Crippen molar-refractivity contribution in [1.82, 2.24) is 0 Å². The second-order valence-electron chi connectivity index (χ2n) is 4.90. The van der Waals surface area contributed by atoms with Crippen LogP contribution in [0.25, 0.3) is 0 Å². The lowest BCUT2D eigenvalue weighted by molar-refractivity contribution is 0.565. The van der Waals surface area contributed by atoms with Crippen LogP contribution in [0.15, 0.2) is 0 Å². The predicted molar refractivity (Wildman–Crippen MR) is 75.4 cm³/mol. The molecule has 0 aliphatic heterocycles. The molecule has 1 fully saturated rings. The van der Waals surface area contributed by atoms with Gasteiger partial charge in [0.15, 0.2) is 0 Å². The third-order valence-electron chi connectivity index (χ3n) is 3.17. The summed E-state index contributed by atoms with van der Waals surface area (Å²) < 4.78 is 0. The first-order chi connectivity index (χ1) is 7.91. The van der Waals surface area contributed by atoms with Crippen molar-refractivity contribution in [1.29, 1.82) is 0 Å². The van der Waals surface area contributed by atoms with Crippen LogP contribution in [0.5, 0.6) is 0 Å². The van der Waals surface area contributed by atoms with E-state index in [0.29, 0.717) is 0 Å². The van der Waals surface area contributed by atoms with E-state index in [2.05, 4.69) is 20.3 Å². The number of hydrogen-bond acceptors (Lipinski definition) is 0. The summed E-state index contributed by atoms with van der Waals surface area (Å²) in [7, 11) is 0. The largest absolute Gasteiger partial charge is 0.0654 e. The van der Waals surface area contributed by atoms with Crippen LogP contribution >= 0.6 is 0 Å². The maximum Gasteiger partial charge on any atom is -0.0386 e. The minimum atomic E-state index is 1.11. The van der Waals surface area contributed by atoms with Crippen molar-refractivity contribution in [2.24, 2.45) is 0 Å². The van der Waals surface area contributed by atoms with E-state index < -0.39 is 0 Å². The van der Waals surface area contributed by atoms with E-state index in [1.807, 2.05) is 0 Å².